The van der Waals surface area contributed by atoms with Crippen LogP contribution in [-0.2, 0) is 0 Å². The molecule has 1 atom stereocenters. The molecule has 25 heavy (non-hydrogen) atoms. The maximum atomic E-state index is 10.5. The zero-order valence-electron chi connectivity index (χ0n) is 14.7. The van der Waals surface area contributed by atoms with Crippen LogP contribution in [0.2, 0.25) is 0 Å². The summed E-state index contributed by atoms with van der Waals surface area (Å²) in [5, 5.41) is 20.7. The number of aromatic hydroxyl groups is 2. The first kappa shape index (κ1) is 16.9. The lowest BCUT2D eigenvalue weighted by Crippen LogP contribution is -1.98. The Kier molecular flexibility index (Phi) is 4.66. The van der Waals surface area contributed by atoms with Gasteiger partial charge in [-0.2, -0.15) is 0 Å². The van der Waals surface area contributed by atoms with Crippen LogP contribution < -0.4 is 4.74 Å². The topological polar surface area (TPSA) is 49.7 Å². The molecule has 3 aromatic rings. The van der Waals surface area contributed by atoms with E-state index in [4.69, 9.17) is 4.74 Å². The van der Waals surface area contributed by atoms with Crippen molar-refractivity contribution in [2.75, 3.05) is 7.11 Å². The summed E-state index contributed by atoms with van der Waals surface area (Å²) in [6, 6.07) is 19.0. The molecule has 128 valence electrons. The van der Waals surface area contributed by atoms with Crippen LogP contribution in [-0.4, -0.2) is 17.3 Å². The largest absolute Gasteiger partial charge is 0.507 e. The zero-order valence-corrected chi connectivity index (χ0v) is 14.7. The molecule has 0 saturated heterocycles. The monoisotopic (exact) mass is 334 g/mol. The Hall–Kier alpha value is -2.94. The molecule has 0 bridgehead atoms. The number of rotatable bonds is 4. The molecule has 3 nitrogen and oxygen atoms in total. The smallest absolute Gasteiger partial charge is 0.126 e. The van der Waals surface area contributed by atoms with Crippen molar-refractivity contribution in [3.63, 3.8) is 0 Å². The Balaban J connectivity index is 2.06. The van der Waals surface area contributed by atoms with E-state index in [2.05, 4.69) is 6.92 Å². The first-order chi connectivity index (χ1) is 12.0. The molecule has 0 aliphatic carbocycles. The number of phenols is 2. The van der Waals surface area contributed by atoms with Crippen molar-refractivity contribution in [3.8, 4) is 28.4 Å². The summed E-state index contributed by atoms with van der Waals surface area (Å²) in [7, 11) is 1.65. The van der Waals surface area contributed by atoms with Crippen molar-refractivity contribution in [2.24, 2.45) is 0 Å². The van der Waals surface area contributed by atoms with Gasteiger partial charge in [0.2, 0.25) is 0 Å². The summed E-state index contributed by atoms with van der Waals surface area (Å²) in [5.74, 6) is 1.33. The fourth-order valence-electron chi connectivity index (χ4n) is 3.05. The van der Waals surface area contributed by atoms with Crippen LogP contribution in [0.3, 0.4) is 0 Å². The Bertz CT molecular complexity index is 882. The number of aryl methyl sites for hydroxylation is 1. The highest BCUT2D eigenvalue weighted by Crippen LogP contribution is 2.40. The highest BCUT2D eigenvalue weighted by atomic mass is 16.5. The standard InChI is InChI=1S/C22H22O3/c1-14-12-17(15(2)16-8-10-18(25-3)11-9-16)13-20(22(14)24)19-6-4-5-7-21(19)23/h4-13,15,23-24H,1-3H3. The van der Waals surface area contributed by atoms with Crippen LogP contribution in [0.4, 0.5) is 0 Å². The van der Waals surface area contributed by atoms with E-state index in [9.17, 15) is 10.2 Å². The van der Waals surface area contributed by atoms with E-state index >= 15 is 0 Å². The predicted molar refractivity (Wildman–Crippen MR) is 100 cm³/mol. The minimum atomic E-state index is 0.148. The van der Waals surface area contributed by atoms with E-state index in [1.54, 1.807) is 19.2 Å². The molecule has 0 aliphatic heterocycles. The summed E-state index contributed by atoms with van der Waals surface area (Å²) < 4.78 is 5.22. The lowest BCUT2D eigenvalue weighted by Gasteiger charge is -2.17. The SMILES string of the molecule is COc1ccc(C(C)c2cc(C)c(O)c(-c3ccccc3O)c2)cc1. The molecule has 3 rings (SSSR count). The van der Waals surface area contributed by atoms with Crippen LogP contribution in [0.1, 0.15) is 29.5 Å². The van der Waals surface area contributed by atoms with Crippen molar-refractivity contribution >= 4 is 0 Å². The normalized spacial score (nSPS) is 12.0. The first-order valence-corrected chi connectivity index (χ1v) is 8.27. The summed E-state index contributed by atoms with van der Waals surface area (Å²) in [4.78, 5) is 0. The van der Waals surface area contributed by atoms with E-state index in [0.29, 0.717) is 11.1 Å². The second kappa shape index (κ2) is 6.89. The van der Waals surface area contributed by atoms with Gasteiger partial charge in [-0.3, -0.25) is 0 Å². The van der Waals surface area contributed by atoms with E-state index in [1.807, 2.05) is 55.5 Å². The molecular formula is C22H22O3. The van der Waals surface area contributed by atoms with Crippen LogP contribution in [0.15, 0.2) is 60.7 Å². The third kappa shape index (κ3) is 3.31. The molecule has 1 unspecified atom stereocenters. The van der Waals surface area contributed by atoms with E-state index in [1.165, 1.54) is 0 Å². The van der Waals surface area contributed by atoms with Crippen molar-refractivity contribution in [1.82, 2.24) is 0 Å². The van der Waals surface area contributed by atoms with Crippen LogP contribution >= 0.6 is 0 Å². The minimum Gasteiger partial charge on any atom is -0.507 e. The van der Waals surface area contributed by atoms with Gasteiger partial charge in [-0.1, -0.05) is 43.3 Å². The van der Waals surface area contributed by atoms with Gasteiger partial charge in [0.05, 0.1) is 7.11 Å². The van der Waals surface area contributed by atoms with Gasteiger partial charge in [0.15, 0.2) is 0 Å². The van der Waals surface area contributed by atoms with E-state index < -0.39 is 0 Å². The van der Waals surface area contributed by atoms with Gasteiger partial charge >= 0.3 is 0 Å². The van der Waals surface area contributed by atoms with Gasteiger partial charge in [0.1, 0.15) is 17.2 Å². The molecule has 0 aromatic heterocycles. The van der Waals surface area contributed by atoms with Gasteiger partial charge in [0.25, 0.3) is 0 Å². The lowest BCUT2D eigenvalue weighted by molar-refractivity contribution is 0.414. The number of phenolic OH excluding ortho intramolecular Hbond substituents is 2. The Labute approximate surface area is 148 Å². The number of hydrogen-bond acceptors (Lipinski definition) is 3. The lowest BCUT2D eigenvalue weighted by atomic mass is 9.88. The third-order valence-corrected chi connectivity index (χ3v) is 4.63. The van der Waals surface area contributed by atoms with Crippen LogP contribution in [0.5, 0.6) is 17.2 Å². The molecular weight excluding hydrogens is 312 g/mol. The molecule has 0 saturated carbocycles. The summed E-state index contributed by atoms with van der Waals surface area (Å²) in [6.45, 7) is 4.01. The molecule has 3 heteroatoms. The van der Waals surface area contributed by atoms with Crippen molar-refractivity contribution in [1.29, 1.82) is 0 Å². The Morgan fingerprint density at radius 2 is 1.52 bits per heavy atom. The predicted octanol–water partition coefficient (Wildman–Crippen LogP) is 5.23. The second-order valence-electron chi connectivity index (χ2n) is 6.25. The van der Waals surface area contributed by atoms with E-state index in [-0.39, 0.29) is 17.4 Å². The molecule has 0 spiro atoms. The fourth-order valence-corrected chi connectivity index (χ4v) is 3.05. The van der Waals surface area contributed by atoms with Crippen LogP contribution in [0.25, 0.3) is 11.1 Å². The number of benzene rings is 3. The van der Waals surface area contributed by atoms with Gasteiger partial charge in [0, 0.05) is 17.0 Å². The number of para-hydroxylation sites is 1. The van der Waals surface area contributed by atoms with Crippen molar-refractivity contribution in [2.45, 2.75) is 19.8 Å². The highest BCUT2D eigenvalue weighted by molar-refractivity contribution is 5.77. The molecule has 0 fully saturated rings. The average Bonchev–Trinajstić information content (AvgIpc) is 2.64. The molecule has 0 radical (unpaired) electrons. The van der Waals surface area contributed by atoms with Gasteiger partial charge < -0.3 is 14.9 Å². The highest BCUT2D eigenvalue weighted by Gasteiger charge is 2.16. The van der Waals surface area contributed by atoms with Gasteiger partial charge in [-0.25, -0.2) is 0 Å². The van der Waals surface area contributed by atoms with Crippen molar-refractivity contribution < 1.29 is 14.9 Å². The summed E-state index contributed by atoms with van der Waals surface area (Å²) >= 11 is 0. The van der Waals surface area contributed by atoms with Gasteiger partial charge in [-0.05, 0) is 47.9 Å². The zero-order chi connectivity index (χ0) is 18.0. The third-order valence-electron chi connectivity index (χ3n) is 4.63. The molecule has 3 aromatic carbocycles. The maximum absolute atomic E-state index is 10.5. The van der Waals surface area contributed by atoms with E-state index in [0.717, 1.165) is 22.4 Å². The molecule has 0 heterocycles. The quantitative estimate of drug-likeness (QED) is 0.686. The molecule has 0 amide bonds. The molecule has 2 N–H and O–H groups in total. The van der Waals surface area contributed by atoms with Crippen LogP contribution in [0, 0.1) is 6.92 Å². The minimum absolute atomic E-state index is 0.148. The number of methoxy groups -OCH3 is 1. The second-order valence-corrected chi connectivity index (χ2v) is 6.25. The maximum Gasteiger partial charge on any atom is 0.126 e. The summed E-state index contributed by atoms with van der Waals surface area (Å²) in [5.41, 5.74) is 4.31. The number of hydrogen-bond donors (Lipinski definition) is 2. The van der Waals surface area contributed by atoms with Gasteiger partial charge in [-0.15, -0.1) is 0 Å². The number of ether oxygens (including phenoxy) is 1. The summed E-state index contributed by atoms with van der Waals surface area (Å²) in [6.07, 6.45) is 0. The Morgan fingerprint density at radius 3 is 2.16 bits per heavy atom. The fraction of sp³-hybridized carbons (Fsp3) is 0.182. The average molecular weight is 334 g/mol. The Morgan fingerprint density at radius 1 is 0.840 bits per heavy atom. The molecule has 0 aliphatic rings. The van der Waals surface area contributed by atoms with Crippen molar-refractivity contribution in [3.05, 3.63) is 77.4 Å². The first-order valence-electron chi connectivity index (χ1n) is 8.27.